The number of aromatic nitrogens is 3. The molecule has 2 aromatic heterocycles. The summed E-state index contributed by atoms with van der Waals surface area (Å²) in [5.74, 6) is 2.12. The summed E-state index contributed by atoms with van der Waals surface area (Å²) in [6.45, 7) is 2.43. The van der Waals surface area contributed by atoms with E-state index in [2.05, 4.69) is 22.2 Å². The minimum Gasteiger partial charge on any atom is -0.484 e. The van der Waals surface area contributed by atoms with Gasteiger partial charge in [0.05, 0.1) is 0 Å². The lowest BCUT2D eigenvalue weighted by atomic mass is 10.1. The molecule has 1 aliphatic heterocycles. The second-order valence-corrected chi connectivity index (χ2v) is 9.17. The molecule has 1 saturated heterocycles. The summed E-state index contributed by atoms with van der Waals surface area (Å²) >= 11 is 0. The monoisotopic (exact) mass is 505 g/mol. The first-order chi connectivity index (χ1) is 18.7. The number of rotatable bonds is 7. The Morgan fingerprint density at radius 3 is 2.18 bits per heavy atom. The number of nitrogens with zero attached hydrogens (tertiary/aromatic N) is 5. The Labute approximate surface area is 220 Å². The van der Waals surface area contributed by atoms with Crippen LogP contribution in [0, 0.1) is 0 Å². The topological polar surface area (TPSA) is 84.6 Å². The Hall–Kier alpha value is -4.72. The number of amides is 1. The quantitative estimate of drug-likeness (QED) is 0.320. The summed E-state index contributed by atoms with van der Waals surface area (Å²) in [5, 5.41) is 5.17. The number of benzene rings is 3. The van der Waals surface area contributed by atoms with Crippen molar-refractivity contribution in [1.82, 2.24) is 20.0 Å². The minimum absolute atomic E-state index is 0.0206. The molecule has 0 bridgehead atoms. The van der Waals surface area contributed by atoms with Crippen LogP contribution in [-0.4, -0.2) is 58.7 Å². The van der Waals surface area contributed by atoms with Crippen LogP contribution in [0.5, 0.6) is 5.75 Å². The third-order valence-corrected chi connectivity index (χ3v) is 6.65. The van der Waals surface area contributed by atoms with E-state index in [0.29, 0.717) is 49.9 Å². The number of carbonyl (C=O) groups is 1. The van der Waals surface area contributed by atoms with Crippen LogP contribution in [0.2, 0.25) is 0 Å². The summed E-state index contributed by atoms with van der Waals surface area (Å²) in [4.78, 5) is 26.6. The molecular weight excluding hydrogens is 478 g/mol. The van der Waals surface area contributed by atoms with Crippen LogP contribution in [0.3, 0.4) is 0 Å². The van der Waals surface area contributed by atoms with Gasteiger partial charge in [-0.05, 0) is 17.7 Å². The van der Waals surface area contributed by atoms with Crippen molar-refractivity contribution in [2.45, 2.75) is 6.42 Å². The lowest BCUT2D eigenvalue weighted by Gasteiger charge is -2.35. The molecule has 0 spiro atoms. The van der Waals surface area contributed by atoms with Gasteiger partial charge >= 0.3 is 0 Å². The van der Waals surface area contributed by atoms with E-state index >= 15 is 0 Å². The Morgan fingerprint density at radius 2 is 1.47 bits per heavy atom. The van der Waals surface area contributed by atoms with Crippen molar-refractivity contribution in [1.29, 1.82) is 0 Å². The van der Waals surface area contributed by atoms with Crippen LogP contribution in [0.4, 0.5) is 5.82 Å². The third-order valence-electron chi connectivity index (χ3n) is 6.65. The van der Waals surface area contributed by atoms with Gasteiger partial charge in [-0.1, -0.05) is 84.0 Å². The minimum atomic E-state index is -0.0268. The zero-order valence-electron chi connectivity index (χ0n) is 20.9. The Morgan fingerprint density at radius 1 is 0.816 bits per heavy atom. The van der Waals surface area contributed by atoms with Crippen molar-refractivity contribution in [3.63, 3.8) is 0 Å². The van der Waals surface area contributed by atoms with Gasteiger partial charge in [-0.15, -0.1) is 0 Å². The molecule has 0 atom stereocenters. The third kappa shape index (κ3) is 5.06. The van der Waals surface area contributed by atoms with Gasteiger partial charge < -0.3 is 19.1 Å². The fourth-order valence-electron chi connectivity index (χ4n) is 4.68. The summed E-state index contributed by atoms with van der Waals surface area (Å²) in [6, 6.07) is 29.5. The van der Waals surface area contributed by atoms with Gasteiger partial charge in [-0.3, -0.25) is 4.79 Å². The van der Waals surface area contributed by atoms with Gasteiger partial charge in [-0.2, -0.15) is 4.98 Å². The van der Waals surface area contributed by atoms with Crippen molar-refractivity contribution >= 4 is 22.8 Å². The van der Waals surface area contributed by atoms with Crippen LogP contribution in [0.15, 0.2) is 95.5 Å². The number of para-hydroxylation sites is 1. The highest BCUT2D eigenvalue weighted by Crippen LogP contribution is 2.34. The van der Waals surface area contributed by atoms with E-state index in [0.717, 1.165) is 28.0 Å². The molecule has 8 nitrogen and oxygen atoms in total. The number of hydrogen-bond acceptors (Lipinski definition) is 7. The van der Waals surface area contributed by atoms with E-state index in [1.165, 1.54) is 0 Å². The number of ether oxygens (including phenoxy) is 1. The largest absolute Gasteiger partial charge is 0.484 e. The second-order valence-electron chi connectivity index (χ2n) is 9.17. The SMILES string of the molecule is O=C(COc1ccccc1)N1CCN(c2nc(Cc3ccccc3)nc3onc(-c4ccccc4)c23)CC1. The van der Waals surface area contributed by atoms with Crippen LogP contribution in [0.25, 0.3) is 22.4 Å². The highest BCUT2D eigenvalue weighted by Gasteiger charge is 2.27. The van der Waals surface area contributed by atoms with Gasteiger partial charge in [0.15, 0.2) is 6.61 Å². The van der Waals surface area contributed by atoms with E-state index < -0.39 is 0 Å². The number of piperazine rings is 1. The Bertz CT molecular complexity index is 1520. The van der Waals surface area contributed by atoms with Crippen molar-refractivity contribution in [2.24, 2.45) is 0 Å². The maximum atomic E-state index is 12.8. The fourth-order valence-corrected chi connectivity index (χ4v) is 4.68. The van der Waals surface area contributed by atoms with Crippen LogP contribution < -0.4 is 9.64 Å². The summed E-state index contributed by atoms with van der Waals surface area (Å²) < 4.78 is 11.4. The zero-order chi connectivity index (χ0) is 25.7. The van der Waals surface area contributed by atoms with Crippen LogP contribution >= 0.6 is 0 Å². The fraction of sp³-hybridized carbons (Fsp3) is 0.200. The summed E-state index contributed by atoms with van der Waals surface area (Å²) in [6.07, 6.45) is 0.584. The first-order valence-electron chi connectivity index (χ1n) is 12.7. The van der Waals surface area contributed by atoms with Crippen molar-refractivity contribution in [3.05, 3.63) is 102 Å². The molecule has 1 aliphatic rings. The highest BCUT2D eigenvalue weighted by atomic mass is 16.5. The summed E-state index contributed by atoms with van der Waals surface area (Å²) in [7, 11) is 0. The average Bonchev–Trinajstić information content (AvgIpc) is 3.41. The predicted molar refractivity (Wildman–Crippen MR) is 145 cm³/mol. The molecule has 0 N–H and O–H groups in total. The van der Waals surface area contributed by atoms with Gasteiger partial charge in [0.2, 0.25) is 0 Å². The lowest BCUT2D eigenvalue weighted by molar-refractivity contribution is -0.133. The molecular formula is C30H27N5O3. The lowest BCUT2D eigenvalue weighted by Crippen LogP contribution is -2.50. The average molecular weight is 506 g/mol. The molecule has 190 valence electrons. The molecule has 38 heavy (non-hydrogen) atoms. The number of fused-ring (bicyclic) bond motifs is 1. The van der Waals surface area contributed by atoms with Gasteiger partial charge in [0, 0.05) is 38.2 Å². The molecule has 3 aromatic carbocycles. The molecule has 1 amide bonds. The smallest absolute Gasteiger partial charge is 0.263 e. The van der Waals surface area contributed by atoms with Crippen molar-refractivity contribution in [2.75, 3.05) is 37.7 Å². The molecule has 0 radical (unpaired) electrons. The molecule has 0 saturated carbocycles. The highest BCUT2D eigenvalue weighted by molar-refractivity contribution is 5.98. The van der Waals surface area contributed by atoms with Gasteiger partial charge in [0.1, 0.15) is 28.5 Å². The van der Waals surface area contributed by atoms with Gasteiger partial charge in [-0.25, -0.2) is 4.98 Å². The van der Waals surface area contributed by atoms with Crippen LogP contribution in [0.1, 0.15) is 11.4 Å². The molecule has 5 aromatic rings. The van der Waals surface area contributed by atoms with E-state index in [9.17, 15) is 4.79 Å². The van der Waals surface area contributed by atoms with Crippen molar-refractivity contribution < 1.29 is 14.1 Å². The second kappa shape index (κ2) is 10.7. The number of anilines is 1. The molecule has 0 aliphatic carbocycles. The molecule has 6 rings (SSSR count). The van der Waals surface area contributed by atoms with E-state index in [4.69, 9.17) is 19.2 Å². The normalized spacial score (nSPS) is 13.6. The Kier molecular flexibility index (Phi) is 6.68. The number of hydrogen-bond donors (Lipinski definition) is 0. The first-order valence-corrected chi connectivity index (χ1v) is 12.7. The predicted octanol–water partition coefficient (Wildman–Crippen LogP) is 4.60. The summed E-state index contributed by atoms with van der Waals surface area (Å²) in [5.41, 5.74) is 3.25. The maximum Gasteiger partial charge on any atom is 0.263 e. The van der Waals surface area contributed by atoms with E-state index in [1.807, 2.05) is 83.8 Å². The van der Waals surface area contributed by atoms with E-state index in [1.54, 1.807) is 0 Å². The molecule has 3 heterocycles. The zero-order valence-corrected chi connectivity index (χ0v) is 20.9. The first kappa shape index (κ1) is 23.7. The standard InChI is InChI=1S/C30H27N5O3/c36-26(21-37-24-14-8-3-9-15-24)34-16-18-35(19-17-34)29-27-28(23-12-6-2-7-13-23)33-38-30(27)32-25(31-29)20-22-10-4-1-5-11-22/h1-15H,16-21H2. The molecule has 8 heteroatoms. The number of carbonyl (C=O) groups excluding carboxylic acids is 1. The van der Waals surface area contributed by atoms with Gasteiger partial charge in [0.25, 0.3) is 11.6 Å². The maximum absolute atomic E-state index is 12.8. The Balaban J connectivity index is 1.25. The molecule has 1 fully saturated rings. The van der Waals surface area contributed by atoms with E-state index in [-0.39, 0.29) is 12.5 Å². The molecule has 0 unspecified atom stereocenters. The van der Waals surface area contributed by atoms with Crippen molar-refractivity contribution in [3.8, 4) is 17.0 Å². The van der Waals surface area contributed by atoms with Crippen LogP contribution in [-0.2, 0) is 11.2 Å².